The maximum absolute atomic E-state index is 12.1. The fourth-order valence-corrected chi connectivity index (χ4v) is 2.04. The number of carbonyl (C=O) groups excluding carboxylic acids is 2. The molecule has 0 bridgehead atoms. The number of nitrogens with zero attached hydrogens (tertiary/aromatic N) is 3. The van der Waals surface area contributed by atoms with Gasteiger partial charge in [0.1, 0.15) is 6.04 Å². The molecule has 2 aromatic rings. The van der Waals surface area contributed by atoms with Crippen LogP contribution in [0.2, 0.25) is 0 Å². The lowest BCUT2D eigenvalue weighted by Crippen LogP contribution is -2.41. The minimum Gasteiger partial charge on any atom is -0.345 e. The molecule has 0 saturated heterocycles. The van der Waals surface area contributed by atoms with Crippen molar-refractivity contribution in [1.82, 2.24) is 20.1 Å². The van der Waals surface area contributed by atoms with Crippen molar-refractivity contribution in [2.45, 2.75) is 32.0 Å². The van der Waals surface area contributed by atoms with Crippen LogP contribution in [-0.4, -0.2) is 38.8 Å². The number of nitrogens with one attached hydrogen (secondary N) is 2. The van der Waals surface area contributed by atoms with Gasteiger partial charge in [0.15, 0.2) is 11.5 Å². The van der Waals surface area contributed by atoms with E-state index in [4.69, 9.17) is 0 Å². The van der Waals surface area contributed by atoms with Crippen molar-refractivity contribution in [3.63, 3.8) is 0 Å². The second-order valence-corrected chi connectivity index (χ2v) is 5.24. The van der Waals surface area contributed by atoms with Crippen molar-refractivity contribution >= 4 is 28.7 Å². The number of alkyl halides is 3. The molecule has 0 saturated carbocycles. The first kappa shape index (κ1) is 17.7. The van der Waals surface area contributed by atoms with Gasteiger partial charge in [-0.2, -0.15) is 18.3 Å². The number of hydrogen-bond donors (Lipinski definition) is 2. The Morgan fingerprint density at radius 3 is 2.75 bits per heavy atom. The third kappa shape index (κ3) is 4.43. The predicted molar refractivity (Wildman–Crippen MR) is 80.0 cm³/mol. The molecular formula is C14H16F3N5O2. The first-order chi connectivity index (χ1) is 11.2. The summed E-state index contributed by atoms with van der Waals surface area (Å²) in [4.78, 5) is 27.7. The Morgan fingerprint density at radius 1 is 1.38 bits per heavy atom. The van der Waals surface area contributed by atoms with Crippen molar-refractivity contribution in [2.75, 3.05) is 5.32 Å². The Bertz CT molecular complexity index is 756. The Balaban J connectivity index is 1.97. The maximum Gasteiger partial charge on any atom is 0.389 e. The van der Waals surface area contributed by atoms with Gasteiger partial charge in [0, 0.05) is 19.7 Å². The zero-order valence-electron chi connectivity index (χ0n) is 13.0. The topological polar surface area (TPSA) is 88.9 Å². The third-order valence-corrected chi connectivity index (χ3v) is 3.25. The van der Waals surface area contributed by atoms with Crippen LogP contribution in [0.5, 0.6) is 0 Å². The summed E-state index contributed by atoms with van der Waals surface area (Å²) < 4.78 is 37.7. The van der Waals surface area contributed by atoms with Crippen molar-refractivity contribution in [2.24, 2.45) is 7.05 Å². The Kier molecular flexibility index (Phi) is 5.05. The molecule has 0 aliphatic carbocycles. The van der Waals surface area contributed by atoms with Gasteiger partial charge in [-0.1, -0.05) is 0 Å². The van der Waals surface area contributed by atoms with E-state index in [1.807, 2.05) is 0 Å². The molecule has 130 valence electrons. The molecule has 2 N–H and O–H groups in total. The highest BCUT2D eigenvalue weighted by Gasteiger charge is 2.28. The monoisotopic (exact) mass is 343 g/mol. The summed E-state index contributed by atoms with van der Waals surface area (Å²) >= 11 is 0. The summed E-state index contributed by atoms with van der Waals surface area (Å²) in [6.45, 7) is 1.38. The van der Waals surface area contributed by atoms with Crippen LogP contribution in [0.1, 0.15) is 19.8 Å². The molecule has 0 spiro atoms. The molecule has 7 nitrogen and oxygen atoms in total. The average Bonchev–Trinajstić information content (AvgIpc) is 2.81. The number of halogens is 3. The number of rotatable bonds is 5. The van der Waals surface area contributed by atoms with Crippen LogP contribution in [0.4, 0.5) is 19.0 Å². The fraction of sp³-hybridized carbons (Fsp3) is 0.429. The fourth-order valence-electron chi connectivity index (χ4n) is 2.04. The average molecular weight is 343 g/mol. The van der Waals surface area contributed by atoms with Crippen LogP contribution in [0.15, 0.2) is 18.3 Å². The number of anilines is 1. The number of hydrogen-bond acceptors (Lipinski definition) is 4. The highest BCUT2D eigenvalue weighted by Crippen LogP contribution is 2.21. The van der Waals surface area contributed by atoms with E-state index in [1.165, 1.54) is 11.6 Å². The molecule has 24 heavy (non-hydrogen) atoms. The smallest absolute Gasteiger partial charge is 0.345 e. The van der Waals surface area contributed by atoms with Gasteiger partial charge in [-0.25, -0.2) is 9.67 Å². The zero-order valence-corrected chi connectivity index (χ0v) is 13.0. The lowest BCUT2D eigenvalue weighted by atomic mass is 10.2. The molecule has 2 aromatic heterocycles. The van der Waals surface area contributed by atoms with E-state index in [9.17, 15) is 22.8 Å². The van der Waals surface area contributed by atoms with E-state index < -0.39 is 36.9 Å². The van der Waals surface area contributed by atoms with Gasteiger partial charge >= 0.3 is 6.18 Å². The van der Waals surface area contributed by atoms with Crippen molar-refractivity contribution in [3.05, 3.63) is 18.3 Å². The lowest BCUT2D eigenvalue weighted by molar-refractivity contribution is -0.144. The van der Waals surface area contributed by atoms with Gasteiger partial charge in [0.2, 0.25) is 11.8 Å². The molecule has 2 heterocycles. The summed E-state index contributed by atoms with van der Waals surface area (Å²) in [6, 6.07) is 2.40. The minimum atomic E-state index is -4.41. The first-order valence-electron chi connectivity index (χ1n) is 7.12. The molecule has 0 unspecified atom stereocenters. The van der Waals surface area contributed by atoms with Crippen LogP contribution in [0, 0.1) is 0 Å². The van der Waals surface area contributed by atoms with Crippen LogP contribution in [-0.2, 0) is 16.6 Å². The van der Waals surface area contributed by atoms with E-state index >= 15 is 0 Å². The standard InChI is InChI=1S/C14H16F3N5O2/c1-8(19-10(23)5-6-14(15,16)17)13(24)20-11-9-4-3-7-18-12(9)22(2)21-11/h3-4,7-8H,5-6H2,1-2H3,(H,19,23)(H,20,21,24)/t8-/m0/s1. The maximum atomic E-state index is 12.1. The van der Waals surface area contributed by atoms with Crippen LogP contribution < -0.4 is 10.6 Å². The number of aromatic nitrogens is 3. The van der Waals surface area contributed by atoms with Crippen LogP contribution >= 0.6 is 0 Å². The van der Waals surface area contributed by atoms with E-state index in [2.05, 4.69) is 20.7 Å². The molecule has 1 atom stereocenters. The summed E-state index contributed by atoms with van der Waals surface area (Å²) in [5, 5.41) is 9.50. The van der Waals surface area contributed by atoms with Gasteiger partial charge in [-0.3, -0.25) is 9.59 Å². The largest absolute Gasteiger partial charge is 0.389 e. The van der Waals surface area contributed by atoms with Gasteiger partial charge in [0.25, 0.3) is 0 Å². The summed E-state index contributed by atoms with van der Waals surface area (Å²) in [5.74, 6) is -1.16. The van der Waals surface area contributed by atoms with Crippen LogP contribution in [0.25, 0.3) is 11.0 Å². The molecule has 0 aliphatic rings. The van der Waals surface area contributed by atoms with Gasteiger partial charge in [-0.15, -0.1) is 0 Å². The molecule has 0 radical (unpaired) electrons. The summed E-state index contributed by atoms with van der Waals surface area (Å²) in [5.41, 5.74) is 0.565. The number of pyridine rings is 1. The van der Waals surface area contributed by atoms with Gasteiger partial charge in [0.05, 0.1) is 11.8 Å². The number of amides is 2. The Labute approximate surface area is 135 Å². The van der Waals surface area contributed by atoms with E-state index in [0.29, 0.717) is 11.0 Å². The highest BCUT2D eigenvalue weighted by molar-refractivity contribution is 6.01. The predicted octanol–water partition coefficient (Wildman–Crippen LogP) is 1.75. The number of fused-ring (bicyclic) bond motifs is 1. The minimum absolute atomic E-state index is 0.266. The molecular weight excluding hydrogens is 327 g/mol. The van der Waals surface area contributed by atoms with E-state index in [0.717, 1.165) is 0 Å². The van der Waals surface area contributed by atoms with Gasteiger partial charge in [-0.05, 0) is 19.1 Å². The second-order valence-electron chi connectivity index (χ2n) is 5.24. The van der Waals surface area contributed by atoms with Crippen molar-refractivity contribution in [3.8, 4) is 0 Å². The van der Waals surface area contributed by atoms with E-state index in [1.54, 1.807) is 25.4 Å². The van der Waals surface area contributed by atoms with E-state index in [-0.39, 0.29) is 5.82 Å². The molecule has 2 rings (SSSR count). The third-order valence-electron chi connectivity index (χ3n) is 3.25. The Hall–Kier alpha value is -2.65. The molecule has 10 heteroatoms. The molecule has 0 aromatic carbocycles. The lowest BCUT2D eigenvalue weighted by Gasteiger charge is -2.13. The normalized spacial score (nSPS) is 12.9. The quantitative estimate of drug-likeness (QED) is 0.866. The summed E-state index contributed by atoms with van der Waals surface area (Å²) in [7, 11) is 1.66. The SMILES string of the molecule is C[C@H](NC(=O)CCC(F)(F)F)C(=O)Nc1nn(C)c2ncccc12. The van der Waals surface area contributed by atoms with Gasteiger partial charge < -0.3 is 10.6 Å². The number of aryl methyl sites for hydroxylation is 1. The van der Waals surface area contributed by atoms with Crippen molar-refractivity contribution < 1.29 is 22.8 Å². The van der Waals surface area contributed by atoms with Crippen LogP contribution in [0.3, 0.4) is 0 Å². The molecule has 2 amide bonds. The second kappa shape index (κ2) is 6.85. The molecule has 0 fully saturated rings. The zero-order chi connectivity index (χ0) is 17.9. The Morgan fingerprint density at radius 2 is 2.08 bits per heavy atom. The number of carbonyl (C=O) groups is 2. The molecule has 0 aliphatic heterocycles. The van der Waals surface area contributed by atoms with Crippen molar-refractivity contribution in [1.29, 1.82) is 0 Å². The first-order valence-corrected chi connectivity index (χ1v) is 7.12. The summed E-state index contributed by atoms with van der Waals surface area (Å²) in [6.07, 6.45) is -4.79. The highest BCUT2D eigenvalue weighted by atomic mass is 19.4.